The van der Waals surface area contributed by atoms with Gasteiger partial charge in [-0.05, 0) is 31.6 Å². The van der Waals surface area contributed by atoms with Crippen molar-refractivity contribution in [3.05, 3.63) is 0 Å². The van der Waals surface area contributed by atoms with Gasteiger partial charge >= 0.3 is 0 Å². The Labute approximate surface area is 96.8 Å². The van der Waals surface area contributed by atoms with Crippen molar-refractivity contribution in [2.75, 3.05) is 6.54 Å². The van der Waals surface area contributed by atoms with Gasteiger partial charge in [-0.1, -0.05) is 19.3 Å². The van der Waals surface area contributed by atoms with Crippen LogP contribution in [0.4, 0.5) is 0 Å². The predicted molar refractivity (Wildman–Crippen MR) is 61.9 cm³/mol. The monoisotopic (exact) mass is 229 g/mol. The van der Waals surface area contributed by atoms with Crippen molar-refractivity contribution in [2.45, 2.75) is 50.3 Å². The van der Waals surface area contributed by atoms with Gasteiger partial charge in [-0.15, -0.1) is 11.6 Å². The predicted octanol–water partition coefficient (Wildman–Crippen LogP) is 2.70. The van der Waals surface area contributed by atoms with Gasteiger partial charge in [0.2, 0.25) is 5.91 Å². The maximum Gasteiger partial charge on any atom is 0.223 e. The van der Waals surface area contributed by atoms with Gasteiger partial charge in [-0.25, -0.2) is 0 Å². The highest BCUT2D eigenvalue weighted by Gasteiger charge is 2.30. The Morgan fingerprint density at radius 3 is 2.47 bits per heavy atom. The lowest BCUT2D eigenvalue weighted by Crippen LogP contribution is -2.36. The fourth-order valence-electron chi connectivity index (χ4n) is 2.33. The molecule has 2 saturated carbocycles. The van der Waals surface area contributed by atoms with Crippen LogP contribution in [0.2, 0.25) is 0 Å². The highest BCUT2D eigenvalue weighted by atomic mass is 35.5. The van der Waals surface area contributed by atoms with Gasteiger partial charge in [0.15, 0.2) is 0 Å². The molecule has 0 aromatic heterocycles. The van der Waals surface area contributed by atoms with Gasteiger partial charge in [0, 0.05) is 12.5 Å². The summed E-state index contributed by atoms with van der Waals surface area (Å²) < 4.78 is 0. The number of carbonyl (C=O) groups excluding carboxylic acids is 1. The molecule has 2 nitrogen and oxygen atoms in total. The maximum atomic E-state index is 11.8. The van der Waals surface area contributed by atoms with Crippen LogP contribution >= 0.6 is 11.6 Å². The molecule has 2 aliphatic carbocycles. The van der Waals surface area contributed by atoms with E-state index in [0.29, 0.717) is 12.5 Å². The minimum Gasteiger partial charge on any atom is -0.354 e. The van der Waals surface area contributed by atoms with E-state index >= 15 is 0 Å². The third-order valence-electron chi connectivity index (χ3n) is 3.58. The van der Waals surface area contributed by atoms with Crippen LogP contribution in [0.5, 0.6) is 0 Å². The van der Waals surface area contributed by atoms with E-state index in [1.165, 1.54) is 32.1 Å². The normalized spacial score (nSPS) is 24.9. The van der Waals surface area contributed by atoms with E-state index in [4.69, 9.17) is 11.6 Å². The van der Waals surface area contributed by atoms with Crippen molar-refractivity contribution in [3.63, 3.8) is 0 Å². The Balaban J connectivity index is 1.66. The zero-order valence-corrected chi connectivity index (χ0v) is 9.93. The molecule has 15 heavy (non-hydrogen) atoms. The molecule has 0 aliphatic heterocycles. The van der Waals surface area contributed by atoms with Crippen LogP contribution in [-0.2, 0) is 4.79 Å². The van der Waals surface area contributed by atoms with Gasteiger partial charge in [0.25, 0.3) is 0 Å². The van der Waals surface area contributed by atoms with E-state index in [1.807, 2.05) is 0 Å². The van der Waals surface area contributed by atoms with Crippen molar-refractivity contribution in [2.24, 2.45) is 11.8 Å². The molecular weight excluding hydrogens is 210 g/mol. The largest absolute Gasteiger partial charge is 0.354 e. The third-order valence-corrected chi connectivity index (χ3v) is 4.09. The number of rotatable bonds is 4. The number of halogens is 1. The smallest absolute Gasteiger partial charge is 0.223 e. The molecule has 86 valence electrons. The lowest BCUT2D eigenvalue weighted by Gasteiger charge is -2.21. The fourth-order valence-corrected chi connectivity index (χ4v) is 2.66. The molecule has 0 saturated heterocycles. The Bertz CT molecular complexity index is 222. The van der Waals surface area contributed by atoms with Crippen molar-refractivity contribution >= 4 is 17.5 Å². The Hall–Kier alpha value is -0.240. The number of hydrogen-bond donors (Lipinski definition) is 1. The lowest BCUT2D eigenvalue weighted by molar-refractivity contribution is -0.125. The van der Waals surface area contributed by atoms with Gasteiger partial charge in [-0.2, -0.15) is 0 Å². The van der Waals surface area contributed by atoms with Crippen LogP contribution in [0.15, 0.2) is 0 Å². The van der Waals surface area contributed by atoms with Crippen molar-refractivity contribution in [1.82, 2.24) is 5.32 Å². The standard InChI is InChI=1S/C12H20ClNO/c13-11(9-6-7-9)8-14-12(15)10-4-2-1-3-5-10/h9-11H,1-8H2,(H,14,15). The summed E-state index contributed by atoms with van der Waals surface area (Å²) >= 11 is 6.15. The Kier molecular flexibility index (Phi) is 3.90. The highest BCUT2D eigenvalue weighted by molar-refractivity contribution is 6.21. The summed E-state index contributed by atoms with van der Waals surface area (Å²) in [7, 11) is 0. The quantitative estimate of drug-likeness (QED) is 0.738. The summed E-state index contributed by atoms with van der Waals surface area (Å²) in [6.45, 7) is 0.668. The van der Waals surface area contributed by atoms with E-state index in [0.717, 1.165) is 12.8 Å². The Morgan fingerprint density at radius 1 is 1.20 bits per heavy atom. The SMILES string of the molecule is O=C(NCC(Cl)C1CC1)C1CCCCC1. The topological polar surface area (TPSA) is 29.1 Å². The van der Waals surface area contributed by atoms with Crippen LogP contribution in [0.25, 0.3) is 0 Å². The minimum atomic E-state index is 0.164. The molecule has 0 bridgehead atoms. The first-order valence-electron chi connectivity index (χ1n) is 6.19. The summed E-state index contributed by atoms with van der Waals surface area (Å²) in [5.41, 5.74) is 0. The van der Waals surface area contributed by atoms with Gasteiger partial charge < -0.3 is 5.32 Å². The van der Waals surface area contributed by atoms with Gasteiger partial charge in [0.1, 0.15) is 0 Å². The molecule has 2 rings (SSSR count). The molecule has 1 unspecified atom stereocenters. The molecule has 2 fully saturated rings. The Morgan fingerprint density at radius 2 is 1.87 bits per heavy atom. The van der Waals surface area contributed by atoms with E-state index < -0.39 is 0 Å². The van der Waals surface area contributed by atoms with Crippen LogP contribution in [-0.4, -0.2) is 17.8 Å². The molecule has 1 amide bonds. The summed E-state index contributed by atoms with van der Waals surface area (Å²) in [6.07, 6.45) is 8.35. The van der Waals surface area contributed by atoms with Gasteiger partial charge in [-0.3, -0.25) is 4.79 Å². The van der Waals surface area contributed by atoms with Crippen molar-refractivity contribution in [3.8, 4) is 0 Å². The van der Waals surface area contributed by atoms with Gasteiger partial charge in [0.05, 0.1) is 5.38 Å². The molecule has 0 aromatic carbocycles. The zero-order valence-electron chi connectivity index (χ0n) is 9.18. The maximum absolute atomic E-state index is 11.8. The van der Waals surface area contributed by atoms with E-state index in [-0.39, 0.29) is 17.2 Å². The second-order valence-corrected chi connectivity index (χ2v) is 5.49. The van der Waals surface area contributed by atoms with Crippen molar-refractivity contribution in [1.29, 1.82) is 0 Å². The fraction of sp³-hybridized carbons (Fsp3) is 0.917. The average Bonchev–Trinajstić information content (AvgIpc) is 3.10. The summed E-state index contributed by atoms with van der Waals surface area (Å²) in [5, 5.41) is 3.17. The molecule has 3 heteroatoms. The number of hydrogen-bond acceptors (Lipinski definition) is 1. The van der Waals surface area contributed by atoms with Crippen molar-refractivity contribution < 1.29 is 4.79 Å². The van der Waals surface area contributed by atoms with E-state index in [1.54, 1.807) is 0 Å². The molecule has 0 spiro atoms. The molecular formula is C12H20ClNO. The number of carbonyl (C=O) groups is 1. The molecule has 1 atom stereocenters. The molecule has 1 N–H and O–H groups in total. The molecule has 0 radical (unpaired) electrons. The molecule has 2 aliphatic rings. The first-order chi connectivity index (χ1) is 7.27. The number of alkyl halides is 1. The van der Waals surface area contributed by atoms with Crippen LogP contribution in [0.3, 0.4) is 0 Å². The number of amides is 1. The highest BCUT2D eigenvalue weighted by Crippen LogP contribution is 2.35. The average molecular weight is 230 g/mol. The van der Waals surface area contributed by atoms with Crippen LogP contribution < -0.4 is 5.32 Å². The summed E-state index contributed by atoms with van der Waals surface area (Å²) in [6, 6.07) is 0. The van der Waals surface area contributed by atoms with Crippen LogP contribution in [0, 0.1) is 11.8 Å². The summed E-state index contributed by atoms with van der Waals surface area (Å²) in [4.78, 5) is 11.8. The second kappa shape index (κ2) is 5.20. The minimum absolute atomic E-state index is 0.164. The lowest BCUT2D eigenvalue weighted by atomic mass is 9.88. The third kappa shape index (κ3) is 3.37. The second-order valence-electron chi connectivity index (χ2n) is 4.93. The first-order valence-corrected chi connectivity index (χ1v) is 6.63. The molecule has 0 heterocycles. The first kappa shape index (κ1) is 11.3. The van der Waals surface area contributed by atoms with E-state index in [2.05, 4.69) is 5.32 Å². The zero-order chi connectivity index (χ0) is 10.7. The number of nitrogens with one attached hydrogen (secondary N) is 1. The summed E-state index contributed by atoms with van der Waals surface area (Å²) in [5.74, 6) is 1.17. The van der Waals surface area contributed by atoms with E-state index in [9.17, 15) is 4.79 Å². The molecule has 0 aromatic rings. The van der Waals surface area contributed by atoms with Crippen LogP contribution in [0.1, 0.15) is 44.9 Å².